The SMILES string of the molecule is O=S(=O)([O-])[O-].O=S(=O)([O-])[O-].[H+].[Na+].[Na+].[Na+]. The summed E-state index contributed by atoms with van der Waals surface area (Å²) in [4.78, 5) is 0. The summed E-state index contributed by atoms with van der Waals surface area (Å²) in [7, 11) is -10.3. The Kier molecular flexibility index (Phi) is 29.2. The monoisotopic (exact) mass is 262 g/mol. The van der Waals surface area contributed by atoms with Crippen molar-refractivity contribution in [3.05, 3.63) is 0 Å². The quantitative estimate of drug-likeness (QED) is 0.236. The van der Waals surface area contributed by atoms with Gasteiger partial charge in [0.1, 0.15) is 0 Å². The van der Waals surface area contributed by atoms with E-state index in [9.17, 15) is 0 Å². The zero-order valence-electron chi connectivity index (χ0n) is 8.08. The first-order valence-electron chi connectivity index (χ1n) is 1.33. The molecule has 0 aliphatic heterocycles. The van der Waals surface area contributed by atoms with Crippen molar-refractivity contribution in [1.82, 2.24) is 0 Å². The van der Waals surface area contributed by atoms with Gasteiger partial charge in [-0.2, -0.15) is 0 Å². The van der Waals surface area contributed by atoms with Crippen molar-refractivity contribution >= 4 is 20.8 Å². The second kappa shape index (κ2) is 12.8. The smallest absolute Gasteiger partial charge is 0.759 e. The first-order valence-corrected chi connectivity index (χ1v) is 4.00. The largest absolute Gasteiger partial charge is 1.00 e. The molecule has 0 rings (SSSR count). The van der Waals surface area contributed by atoms with Crippen molar-refractivity contribution in [1.29, 1.82) is 0 Å². The second-order valence-corrected chi connectivity index (χ2v) is 2.45. The van der Waals surface area contributed by atoms with Crippen LogP contribution in [0.25, 0.3) is 0 Å². The van der Waals surface area contributed by atoms with E-state index < -0.39 is 20.8 Å². The molecule has 0 aliphatic carbocycles. The zero-order valence-corrected chi connectivity index (χ0v) is 14.7. The van der Waals surface area contributed by atoms with Crippen molar-refractivity contribution in [2.24, 2.45) is 0 Å². The maximum absolute atomic E-state index is 8.52. The van der Waals surface area contributed by atoms with Crippen LogP contribution in [0.5, 0.6) is 0 Å². The molecule has 0 aromatic carbocycles. The molecule has 8 nitrogen and oxygen atoms in total. The van der Waals surface area contributed by atoms with Crippen LogP contribution in [0.15, 0.2) is 0 Å². The summed E-state index contributed by atoms with van der Waals surface area (Å²) in [6.45, 7) is 0. The van der Waals surface area contributed by atoms with E-state index >= 15 is 0 Å². The minimum absolute atomic E-state index is 0. The molecule has 0 saturated heterocycles. The molecule has 0 aromatic rings. The van der Waals surface area contributed by atoms with E-state index in [1.807, 2.05) is 0 Å². The standard InChI is InChI=1S/3Na.2H2O4S/c;;;2*1-5(2,3)4/h;;;2*(H2,1,2,3,4)/q3*+1;;/p-3. The van der Waals surface area contributed by atoms with Gasteiger partial charge in [-0.3, -0.25) is 16.8 Å². The van der Waals surface area contributed by atoms with E-state index in [2.05, 4.69) is 0 Å². The van der Waals surface area contributed by atoms with E-state index in [1.54, 1.807) is 0 Å². The number of hydrogen-bond donors (Lipinski definition) is 0. The second-order valence-electron chi connectivity index (χ2n) is 0.816. The summed E-state index contributed by atoms with van der Waals surface area (Å²) < 4.78 is 68.2. The Balaban J connectivity index is -0.0000000178. The van der Waals surface area contributed by atoms with Crippen molar-refractivity contribution in [3.8, 4) is 0 Å². The van der Waals surface area contributed by atoms with Crippen LogP contribution in [-0.4, -0.2) is 35.0 Å². The van der Waals surface area contributed by atoms with Gasteiger partial charge in [0.05, 0.1) is 0 Å². The van der Waals surface area contributed by atoms with Crippen LogP contribution in [0.3, 0.4) is 0 Å². The van der Waals surface area contributed by atoms with Crippen molar-refractivity contribution < 1.29 is 125 Å². The van der Waals surface area contributed by atoms with Gasteiger partial charge in [0, 0.05) is 20.8 Å². The Labute approximate surface area is 143 Å². The maximum atomic E-state index is 8.52. The molecule has 13 heavy (non-hydrogen) atoms. The van der Waals surface area contributed by atoms with Gasteiger partial charge in [0.15, 0.2) is 0 Å². The third-order valence-electron chi connectivity index (χ3n) is 0. The molecule has 0 amide bonds. The molecule has 0 radical (unpaired) electrons. The summed E-state index contributed by atoms with van der Waals surface area (Å²) in [5.41, 5.74) is 0. The van der Waals surface area contributed by atoms with Crippen LogP contribution in [0.2, 0.25) is 0 Å². The summed E-state index contributed by atoms with van der Waals surface area (Å²) in [6.07, 6.45) is 0. The average Bonchev–Trinajstić information content (AvgIpc) is 1.12. The fourth-order valence-electron chi connectivity index (χ4n) is 0. The van der Waals surface area contributed by atoms with Crippen LogP contribution >= 0.6 is 0 Å². The number of hydrogen-bond acceptors (Lipinski definition) is 8. The third-order valence-corrected chi connectivity index (χ3v) is 0. The van der Waals surface area contributed by atoms with Crippen LogP contribution in [0, 0.1) is 0 Å². The fourth-order valence-corrected chi connectivity index (χ4v) is 0. The summed E-state index contributed by atoms with van der Waals surface area (Å²) in [5, 5.41) is 0. The number of rotatable bonds is 0. The van der Waals surface area contributed by atoms with E-state index in [0.717, 1.165) is 0 Å². The predicted molar refractivity (Wildman–Crippen MR) is 22.1 cm³/mol. The van der Waals surface area contributed by atoms with E-state index in [-0.39, 0.29) is 90.1 Å². The van der Waals surface area contributed by atoms with Crippen LogP contribution in [0.4, 0.5) is 0 Å². The van der Waals surface area contributed by atoms with Gasteiger partial charge in [-0.25, -0.2) is 0 Å². The molecule has 0 aliphatic rings. The van der Waals surface area contributed by atoms with Crippen LogP contribution < -0.4 is 88.7 Å². The van der Waals surface area contributed by atoms with Crippen LogP contribution in [-0.2, 0) is 20.8 Å². The Morgan fingerprint density at radius 3 is 0.615 bits per heavy atom. The van der Waals surface area contributed by atoms with Crippen molar-refractivity contribution in [2.45, 2.75) is 0 Å². The minimum Gasteiger partial charge on any atom is -0.759 e. The summed E-state index contributed by atoms with van der Waals surface area (Å²) in [5.74, 6) is 0. The first-order chi connectivity index (χ1) is 4.00. The van der Waals surface area contributed by atoms with Gasteiger partial charge in [-0.1, -0.05) is 0 Å². The molecule has 0 unspecified atom stereocenters. The van der Waals surface area contributed by atoms with Gasteiger partial charge in [0.25, 0.3) is 0 Å². The van der Waals surface area contributed by atoms with Gasteiger partial charge in [-0.15, -0.1) is 0 Å². The van der Waals surface area contributed by atoms with Crippen LogP contribution in [0.1, 0.15) is 1.43 Å². The Morgan fingerprint density at radius 2 is 0.615 bits per heavy atom. The van der Waals surface area contributed by atoms with E-state index in [4.69, 9.17) is 35.0 Å². The Morgan fingerprint density at radius 1 is 0.615 bits per heavy atom. The molecular formula is HNa3O8S2. The third kappa shape index (κ3) is 319. The normalized spacial score (nSPS) is 8.92. The molecule has 13 heteroatoms. The van der Waals surface area contributed by atoms with Gasteiger partial charge in [-0.05, 0) is 0 Å². The molecule has 0 bridgehead atoms. The molecule has 0 aromatic heterocycles. The fraction of sp³-hybridized carbons (Fsp3) is 0. The van der Waals surface area contributed by atoms with Gasteiger partial charge < -0.3 is 18.2 Å². The van der Waals surface area contributed by atoms with Crippen molar-refractivity contribution in [3.63, 3.8) is 0 Å². The molecule has 0 heterocycles. The van der Waals surface area contributed by atoms with Crippen molar-refractivity contribution in [2.75, 3.05) is 0 Å². The molecule has 64 valence electrons. The van der Waals surface area contributed by atoms with E-state index in [0.29, 0.717) is 0 Å². The topological polar surface area (TPSA) is 161 Å². The van der Waals surface area contributed by atoms with Gasteiger partial charge >= 0.3 is 90.1 Å². The minimum atomic E-state index is -5.17. The Bertz CT molecular complexity index is 219. The summed E-state index contributed by atoms with van der Waals surface area (Å²) >= 11 is 0. The first kappa shape index (κ1) is 29.6. The molecular weight excluding hydrogens is 261 g/mol. The van der Waals surface area contributed by atoms with E-state index in [1.165, 1.54) is 0 Å². The molecule has 0 fully saturated rings. The predicted octanol–water partition coefficient (Wildman–Crippen LogP) is -11.6. The van der Waals surface area contributed by atoms with Gasteiger partial charge in [0.2, 0.25) is 0 Å². The summed E-state index contributed by atoms with van der Waals surface area (Å²) in [6, 6.07) is 0. The Hall–Kier alpha value is 2.74. The molecule has 0 N–H and O–H groups in total. The maximum Gasteiger partial charge on any atom is 1.00 e. The molecule has 0 saturated carbocycles. The zero-order chi connectivity index (χ0) is 9.00. The molecule has 0 atom stereocenters. The average molecular weight is 262 g/mol. The molecule has 0 spiro atoms.